The first-order chi connectivity index (χ1) is 7.27. The van der Waals surface area contributed by atoms with Gasteiger partial charge < -0.3 is 4.74 Å². The second-order valence-corrected chi connectivity index (χ2v) is 3.49. The van der Waals surface area contributed by atoms with Crippen molar-refractivity contribution in [3.8, 4) is 0 Å². The van der Waals surface area contributed by atoms with Crippen LogP contribution in [-0.4, -0.2) is 19.6 Å². The predicted octanol–water partition coefficient (Wildman–Crippen LogP) is 2.86. The summed E-state index contributed by atoms with van der Waals surface area (Å²) in [5, 5.41) is 5.07. The molecule has 0 aromatic carbocycles. The van der Waals surface area contributed by atoms with Crippen LogP contribution in [0.4, 0.5) is 0 Å². The average molecular weight is 223 g/mol. The first kappa shape index (κ1) is 11.3. The minimum atomic E-state index is -0.346. The molecule has 1 rings (SSSR count). The Morgan fingerprint density at radius 2 is 2.60 bits per heavy atom. The molecule has 0 aliphatic heterocycles. The van der Waals surface area contributed by atoms with Crippen molar-refractivity contribution >= 4 is 23.4 Å². The fourth-order valence-corrected chi connectivity index (χ4v) is 1.71. The Balaban J connectivity index is 2.64. The van der Waals surface area contributed by atoms with Gasteiger partial charge in [0.1, 0.15) is 0 Å². The molecule has 15 heavy (non-hydrogen) atoms. The fourth-order valence-electron chi connectivity index (χ4n) is 0.918. The van der Waals surface area contributed by atoms with E-state index in [1.165, 1.54) is 18.4 Å². The quantitative estimate of drug-likeness (QED) is 0.340. The molecule has 1 heterocycles. The van der Waals surface area contributed by atoms with Crippen LogP contribution in [0.1, 0.15) is 15.2 Å². The zero-order valence-corrected chi connectivity index (χ0v) is 8.90. The largest absolute Gasteiger partial charge is 0.465 e. The number of azide groups is 1. The molecule has 0 saturated heterocycles. The van der Waals surface area contributed by atoms with Gasteiger partial charge in [-0.15, -0.1) is 11.3 Å². The smallest absolute Gasteiger partial charge is 0.338 e. The molecule has 1 aromatic rings. The first-order valence-electron chi connectivity index (χ1n) is 4.12. The van der Waals surface area contributed by atoms with Gasteiger partial charge >= 0.3 is 5.97 Å². The molecule has 0 aliphatic rings. The molecule has 0 radical (unpaired) electrons. The normalized spacial score (nSPS) is 9.93. The molecule has 0 bridgehead atoms. The van der Waals surface area contributed by atoms with Crippen LogP contribution in [0.2, 0.25) is 0 Å². The molecule has 5 nitrogen and oxygen atoms in total. The van der Waals surface area contributed by atoms with Crippen molar-refractivity contribution in [1.29, 1.82) is 0 Å². The Kier molecular flexibility index (Phi) is 4.40. The van der Waals surface area contributed by atoms with Gasteiger partial charge in [0.25, 0.3) is 0 Å². The zero-order chi connectivity index (χ0) is 11.1. The minimum absolute atomic E-state index is 0.307. The van der Waals surface area contributed by atoms with E-state index in [4.69, 9.17) is 5.53 Å². The highest BCUT2D eigenvalue weighted by Gasteiger charge is 2.06. The maximum Gasteiger partial charge on any atom is 0.338 e. The minimum Gasteiger partial charge on any atom is -0.465 e. The summed E-state index contributed by atoms with van der Waals surface area (Å²) in [4.78, 5) is 14.6. The molecule has 0 saturated carbocycles. The molecule has 0 atom stereocenters. The SMILES string of the molecule is COC(=O)c1csc(C=CCN=[N+]=[N-])c1. The van der Waals surface area contributed by atoms with Crippen LogP contribution in [-0.2, 0) is 4.74 Å². The van der Waals surface area contributed by atoms with Gasteiger partial charge in [-0.3, -0.25) is 0 Å². The highest BCUT2D eigenvalue weighted by Crippen LogP contribution is 2.16. The highest BCUT2D eigenvalue weighted by molar-refractivity contribution is 7.11. The summed E-state index contributed by atoms with van der Waals surface area (Å²) in [6, 6.07) is 1.73. The van der Waals surface area contributed by atoms with Crippen molar-refractivity contribution in [1.82, 2.24) is 0 Å². The number of thiophene rings is 1. The van der Waals surface area contributed by atoms with Crippen LogP contribution in [0.15, 0.2) is 22.6 Å². The molecule has 0 spiro atoms. The Bertz CT molecular complexity index is 419. The van der Waals surface area contributed by atoms with Crippen LogP contribution in [0.25, 0.3) is 16.5 Å². The zero-order valence-electron chi connectivity index (χ0n) is 8.08. The monoisotopic (exact) mass is 223 g/mol. The average Bonchev–Trinajstić information content (AvgIpc) is 2.72. The van der Waals surface area contributed by atoms with Gasteiger partial charge in [-0.25, -0.2) is 4.79 Å². The summed E-state index contributed by atoms with van der Waals surface area (Å²) >= 11 is 1.43. The third kappa shape index (κ3) is 3.46. The van der Waals surface area contributed by atoms with Crippen LogP contribution >= 0.6 is 11.3 Å². The van der Waals surface area contributed by atoms with Crippen LogP contribution in [0, 0.1) is 0 Å². The number of hydrogen-bond donors (Lipinski definition) is 0. The van der Waals surface area contributed by atoms with Gasteiger partial charge in [-0.1, -0.05) is 11.2 Å². The second-order valence-electron chi connectivity index (χ2n) is 2.55. The van der Waals surface area contributed by atoms with E-state index in [9.17, 15) is 4.79 Å². The van der Waals surface area contributed by atoms with Gasteiger partial charge in [0.05, 0.1) is 12.7 Å². The number of esters is 1. The summed E-state index contributed by atoms with van der Waals surface area (Å²) in [6.45, 7) is 0.307. The highest BCUT2D eigenvalue weighted by atomic mass is 32.1. The van der Waals surface area contributed by atoms with Gasteiger partial charge in [0, 0.05) is 21.7 Å². The number of rotatable bonds is 4. The first-order valence-corrected chi connectivity index (χ1v) is 5.00. The molecular formula is C9H9N3O2S. The van der Waals surface area contributed by atoms with E-state index in [1.807, 2.05) is 0 Å². The number of carbonyl (C=O) groups is 1. The Hall–Kier alpha value is -1.78. The van der Waals surface area contributed by atoms with Crippen molar-refractivity contribution in [3.05, 3.63) is 38.4 Å². The van der Waals surface area contributed by atoms with Crippen molar-refractivity contribution < 1.29 is 9.53 Å². The molecule has 0 aliphatic carbocycles. The summed E-state index contributed by atoms with van der Waals surface area (Å²) in [7, 11) is 1.34. The molecule has 1 aromatic heterocycles. The molecule has 6 heteroatoms. The number of hydrogen-bond acceptors (Lipinski definition) is 4. The van der Waals surface area contributed by atoms with E-state index in [-0.39, 0.29) is 5.97 Å². The molecule has 0 fully saturated rings. The summed E-state index contributed by atoms with van der Waals surface area (Å²) in [5.74, 6) is -0.346. The van der Waals surface area contributed by atoms with Gasteiger partial charge in [-0.2, -0.15) is 0 Å². The van der Waals surface area contributed by atoms with E-state index < -0.39 is 0 Å². The number of ether oxygens (including phenoxy) is 1. The molecule has 0 unspecified atom stereocenters. The lowest BCUT2D eigenvalue weighted by Gasteiger charge is -1.91. The van der Waals surface area contributed by atoms with E-state index >= 15 is 0 Å². The Morgan fingerprint density at radius 1 is 1.80 bits per heavy atom. The number of methoxy groups -OCH3 is 1. The van der Waals surface area contributed by atoms with Gasteiger partial charge in [-0.05, 0) is 17.7 Å². The van der Waals surface area contributed by atoms with E-state index in [2.05, 4.69) is 14.8 Å². The van der Waals surface area contributed by atoms with Crippen molar-refractivity contribution in [3.63, 3.8) is 0 Å². The van der Waals surface area contributed by atoms with Gasteiger partial charge in [0.2, 0.25) is 0 Å². The molecular weight excluding hydrogens is 214 g/mol. The maximum absolute atomic E-state index is 11.1. The standard InChI is InChI=1S/C9H9N3O2S/c1-14-9(13)7-5-8(15-6-7)3-2-4-11-12-10/h2-3,5-6H,4H2,1H3. The summed E-state index contributed by atoms with van der Waals surface area (Å²) in [6.07, 6.45) is 3.53. The lowest BCUT2D eigenvalue weighted by atomic mass is 10.3. The Labute approximate surface area is 90.6 Å². The van der Waals surface area contributed by atoms with Crippen LogP contribution in [0.5, 0.6) is 0 Å². The van der Waals surface area contributed by atoms with Crippen molar-refractivity contribution in [2.45, 2.75) is 0 Å². The van der Waals surface area contributed by atoms with E-state index in [1.54, 1.807) is 23.6 Å². The van der Waals surface area contributed by atoms with Crippen molar-refractivity contribution in [2.24, 2.45) is 5.11 Å². The van der Waals surface area contributed by atoms with Crippen LogP contribution in [0.3, 0.4) is 0 Å². The lowest BCUT2D eigenvalue weighted by Crippen LogP contribution is -1.97. The van der Waals surface area contributed by atoms with Crippen LogP contribution < -0.4 is 0 Å². The number of nitrogens with zero attached hydrogens (tertiary/aromatic N) is 3. The maximum atomic E-state index is 11.1. The molecule has 0 N–H and O–H groups in total. The van der Waals surface area contributed by atoms with E-state index in [0.717, 1.165) is 4.88 Å². The second kappa shape index (κ2) is 5.85. The fraction of sp³-hybridized carbons (Fsp3) is 0.222. The third-order valence-corrected chi connectivity index (χ3v) is 2.47. The predicted molar refractivity (Wildman–Crippen MR) is 58.7 cm³/mol. The van der Waals surface area contributed by atoms with Gasteiger partial charge in [0.15, 0.2) is 0 Å². The number of carbonyl (C=O) groups excluding carboxylic acids is 1. The summed E-state index contributed by atoms with van der Waals surface area (Å²) in [5.41, 5.74) is 8.57. The Morgan fingerprint density at radius 3 is 3.27 bits per heavy atom. The van der Waals surface area contributed by atoms with Crippen molar-refractivity contribution in [2.75, 3.05) is 13.7 Å². The third-order valence-electron chi connectivity index (χ3n) is 1.57. The molecule has 0 amide bonds. The summed E-state index contributed by atoms with van der Waals surface area (Å²) < 4.78 is 4.57. The topological polar surface area (TPSA) is 75.1 Å². The lowest BCUT2D eigenvalue weighted by molar-refractivity contribution is 0.0601. The van der Waals surface area contributed by atoms with E-state index in [0.29, 0.717) is 12.1 Å². The molecule has 78 valence electrons.